The lowest BCUT2D eigenvalue weighted by Gasteiger charge is -2.06. The zero-order chi connectivity index (χ0) is 16.8. The lowest BCUT2D eigenvalue weighted by molar-refractivity contribution is -0.142. The minimum absolute atomic E-state index is 0.140. The van der Waals surface area contributed by atoms with Crippen molar-refractivity contribution < 1.29 is 23.8 Å². The first-order valence-electron chi connectivity index (χ1n) is 7.27. The second kappa shape index (κ2) is 7.53. The van der Waals surface area contributed by atoms with Gasteiger partial charge in [-0.05, 0) is 19.1 Å². The van der Waals surface area contributed by atoms with E-state index in [0.717, 1.165) is 10.9 Å². The van der Waals surface area contributed by atoms with E-state index in [1.807, 2.05) is 0 Å². The number of hydrogen-bond acceptors (Lipinski definition) is 5. The summed E-state index contributed by atoms with van der Waals surface area (Å²) >= 11 is 0. The summed E-state index contributed by atoms with van der Waals surface area (Å²) in [6.45, 7) is 2.29. The number of amides is 1. The Hall–Kier alpha value is -2.70. The van der Waals surface area contributed by atoms with Crippen molar-refractivity contribution in [3.8, 4) is 11.5 Å². The maximum atomic E-state index is 12.1. The largest absolute Gasteiger partial charge is 0.493 e. The van der Waals surface area contributed by atoms with Crippen LogP contribution in [0.4, 0.5) is 0 Å². The number of ether oxygens (including phenoxy) is 3. The summed E-state index contributed by atoms with van der Waals surface area (Å²) in [7, 11) is 3.11. The molecule has 0 saturated carbocycles. The van der Waals surface area contributed by atoms with E-state index >= 15 is 0 Å². The normalized spacial score (nSPS) is 10.4. The Morgan fingerprint density at radius 2 is 1.83 bits per heavy atom. The molecule has 7 nitrogen and oxygen atoms in total. The van der Waals surface area contributed by atoms with Crippen molar-refractivity contribution in [3.05, 3.63) is 23.9 Å². The van der Waals surface area contributed by atoms with E-state index in [2.05, 4.69) is 10.3 Å². The molecule has 1 heterocycles. The smallest absolute Gasteiger partial charge is 0.307 e. The molecule has 124 valence electrons. The predicted octanol–water partition coefficient (Wildman–Crippen LogP) is 1.87. The van der Waals surface area contributed by atoms with Gasteiger partial charge in [0.15, 0.2) is 11.5 Å². The van der Waals surface area contributed by atoms with Gasteiger partial charge in [-0.2, -0.15) is 0 Å². The molecule has 0 saturated heterocycles. The van der Waals surface area contributed by atoms with Crippen molar-refractivity contribution in [2.45, 2.75) is 13.3 Å². The van der Waals surface area contributed by atoms with E-state index in [0.29, 0.717) is 23.8 Å². The standard InChI is InChI=1S/C16H20N2O5/c1-4-23-15(19)5-6-17-16(20)12-7-10-8-13(21-2)14(22-3)9-11(10)18-12/h7-9,18H,4-6H2,1-3H3,(H,17,20). The molecule has 2 aromatic rings. The van der Waals surface area contributed by atoms with Gasteiger partial charge in [0.2, 0.25) is 0 Å². The van der Waals surface area contributed by atoms with E-state index in [1.165, 1.54) is 0 Å². The predicted molar refractivity (Wildman–Crippen MR) is 85.0 cm³/mol. The van der Waals surface area contributed by atoms with Gasteiger partial charge < -0.3 is 24.5 Å². The molecule has 2 rings (SSSR count). The highest BCUT2D eigenvalue weighted by Crippen LogP contribution is 2.32. The number of methoxy groups -OCH3 is 2. The molecule has 0 bridgehead atoms. The first kappa shape index (κ1) is 16.7. The summed E-state index contributed by atoms with van der Waals surface area (Å²) in [4.78, 5) is 26.4. The van der Waals surface area contributed by atoms with Crippen LogP contribution >= 0.6 is 0 Å². The van der Waals surface area contributed by atoms with Crippen molar-refractivity contribution in [2.75, 3.05) is 27.4 Å². The number of fused-ring (bicyclic) bond motifs is 1. The molecule has 0 radical (unpaired) electrons. The highest BCUT2D eigenvalue weighted by atomic mass is 16.5. The van der Waals surface area contributed by atoms with E-state index in [9.17, 15) is 9.59 Å². The molecule has 0 fully saturated rings. The fourth-order valence-electron chi connectivity index (χ4n) is 2.19. The van der Waals surface area contributed by atoms with Crippen LogP contribution in [0.25, 0.3) is 10.9 Å². The van der Waals surface area contributed by atoms with Crippen LogP contribution in [0.2, 0.25) is 0 Å². The molecule has 0 aliphatic carbocycles. The number of rotatable bonds is 7. The molecule has 1 aromatic carbocycles. The average Bonchev–Trinajstić information content (AvgIpc) is 2.96. The van der Waals surface area contributed by atoms with Gasteiger partial charge in [-0.15, -0.1) is 0 Å². The molecule has 1 aromatic heterocycles. The van der Waals surface area contributed by atoms with Crippen LogP contribution in [0.15, 0.2) is 18.2 Å². The summed E-state index contributed by atoms with van der Waals surface area (Å²) in [6.07, 6.45) is 0.140. The number of H-pyrrole nitrogens is 1. The first-order chi connectivity index (χ1) is 11.1. The number of aromatic amines is 1. The van der Waals surface area contributed by atoms with Crippen molar-refractivity contribution in [2.24, 2.45) is 0 Å². The molecule has 0 spiro atoms. The van der Waals surface area contributed by atoms with Gasteiger partial charge >= 0.3 is 5.97 Å². The average molecular weight is 320 g/mol. The van der Waals surface area contributed by atoms with Crippen LogP contribution in [-0.2, 0) is 9.53 Å². The van der Waals surface area contributed by atoms with Gasteiger partial charge in [-0.1, -0.05) is 0 Å². The number of aromatic nitrogens is 1. The fraction of sp³-hybridized carbons (Fsp3) is 0.375. The van der Waals surface area contributed by atoms with Crippen molar-refractivity contribution in [3.63, 3.8) is 0 Å². The third kappa shape index (κ3) is 3.94. The number of carbonyl (C=O) groups is 2. The molecule has 1 amide bonds. The SMILES string of the molecule is CCOC(=O)CCNC(=O)c1cc2cc(OC)c(OC)cc2[nH]1. The van der Waals surface area contributed by atoms with Gasteiger partial charge in [0.1, 0.15) is 5.69 Å². The lowest BCUT2D eigenvalue weighted by Crippen LogP contribution is -2.26. The molecule has 0 atom stereocenters. The number of hydrogen-bond donors (Lipinski definition) is 2. The zero-order valence-corrected chi connectivity index (χ0v) is 13.4. The lowest BCUT2D eigenvalue weighted by atomic mass is 10.2. The van der Waals surface area contributed by atoms with Crippen LogP contribution in [0.5, 0.6) is 11.5 Å². The highest BCUT2D eigenvalue weighted by Gasteiger charge is 2.13. The number of nitrogens with one attached hydrogen (secondary N) is 2. The molecule has 0 aliphatic heterocycles. The van der Waals surface area contributed by atoms with E-state index < -0.39 is 0 Å². The Balaban J connectivity index is 2.08. The van der Waals surface area contributed by atoms with Crippen molar-refractivity contribution in [1.82, 2.24) is 10.3 Å². The van der Waals surface area contributed by atoms with E-state index in [4.69, 9.17) is 14.2 Å². The summed E-state index contributed by atoms with van der Waals surface area (Å²) in [5.41, 5.74) is 1.16. The van der Waals surface area contributed by atoms with Crippen molar-refractivity contribution >= 4 is 22.8 Å². The second-order valence-electron chi connectivity index (χ2n) is 4.79. The Kier molecular flexibility index (Phi) is 5.46. The third-order valence-corrected chi connectivity index (χ3v) is 3.29. The minimum atomic E-state index is -0.334. The summed E-state index contributed by atoms with van der Waals surface area (Å²) in [6, 6.07) is 5.28. The van der Waals surface area contributed by atoms with Crippen LogP contribution in [-0.4, -0.2) is 44.2 Å². The highest BCUT2D eigenvalue weighted by molar-refractivity contribution is 5.98. The van der Waals surface area contributed by atoms with E-state index in [-0.39, 0.29) is 24.8 Å². The number of esters is 1. The summed E-state index contributed by atoms with van der Waals surface area (Å²) in [5.74, 6) is 0.548. The molecular formula is C16H20N2O5. The second-order valence-corrected chi connectivity index (χ2v) is 4.79. The van der Waals surface area contributed by atoms with Gasteiger partial charge in [-0.25, -0.2) is 0 Å². The Morgan fingerprint density at radius 1 is 1.13 bits per heavy atom. The Morgan fingerprint density at radius 3 is 2.48 bits per heavy atom. The van der Waals surface area contributed by atoms with Crippen LogP contribution in [0, 0.1) is 0 Å². The fourth-order valence-corrected chi connectivity index (χ4v) is 2.19. The number of benzene rings is 1. The Labute approximate surface area is 133 Å². The maximum absolute atomic E-state index is 12.1. The molecule has 0 unspecified atom stereocenters. The molecule has 7 heteroatoms. The molecule has 23 heavy (non-hydrogen) atoms. The monoisotopic (exact) mass is 320 g/mol. The Bertz CT molecular complexity index is 667. The van der Waals surface area contributed by atoms with Gasteiger partial charge in [-0.3, -0.25) is 9.59 Å². The van der Waals surface area contributed by atoms with Gasteiger partial charge in [0.05, 0.1) is 27.2 Å². The van der Waals surface area contributed by atoms with Crippen molar-refractivity contribution in [1.29, 1.82) is 0 Å². The zero-order valence-electron chi connectivity index (χ0n) is 13.4. The van der Waals surface area contributed by atoms with Crippen LogP contribution in [0.3, 0.4) is 0 Å². The third-order valence-electron chi connectivity index (χ3n) is 3.29. The quantitative estimate of drug-likeness (QED) is 0.760. The maximum Gasteiger partial charge on any atom is 0.307 e. The molecular weight excluding hydrogens is 300 g/mol. The molecule has 0 aliphatic rings. The summed E-state index contributed by atoms with van der Waals surface area (Å²) in [5, 5.41) is 3.50. The van der Waals surface area contributed by atoms with Gasteiger partial charge in [0, 0.05) is 23.5 Å². The van der Waals surface area contributed by atoms with Crippen LogP contribution in [0.1, 0.15) is 23.8 Å². The summed E-state index contributed by atoms with van der Waals surface area (Å²) < 4.78 is 15.3. The minimum Gasteiger partial charge on any atom is -0.493 e. The topological polar surface area (TPSA) is 89.7 Å². The number of carbonyl (C=O) groups excluding carboxylic acids is 2. The van der Waals surface area contributed by atoms with E-state index in [1.54, 1.807) is 39.3 Å². The first-order valence-corrected chi connectivity index (χ1v) is 7.27. The van der Waals surface area contributed by atoms with Crippen LogP contribution < -0.4 is 14.8 Å². The molecule has 2 N–H and O–H groups in total. The van der Waals surface area contributed by atoms with Gasteiger partial charge in [0.25, 0.3) is 5.91 Å².